The number of nitrogens with two attached hydrogens (primary N) is 2. The van der Waals surface area contributed by atoms with Gasteiger partial charge in [-0.25, -0.2) is 10.5 Å². The summed E-state index contributed by atoms with van der Waals surface area (Å²) in [5, 5.41) is 0. The summed E-state index contributed by atoms with van der Waals surface area (Å²) in [4.78, 5) is 18.8. The summed E-state index contributed by atoms with van der Waals surface area (Å²) in [5.41, 5.74) is 4.78. The summed E-state index contributed by atoms with van der Waals surface area (Å²) in [6.07, 6.45) is 0.126. The van der Waals surface area contributed by atoms with Gasteiger partial charge in [-0.15, -0.1) is 0 Å². The van der Waals surface area contributed by atoms with Crippen LogP contribution in [0, 0.1) is 0 Å². The number of carbonyl (C=O) groups excluding carboxylic acids is 1. The largest absolute Gasteiger partial charge is 0.370 e. The van der Waals surface area contributed by atoms with E-state index in [1.54, 1.807) is 0 Å². The number of rotatable bonds is 5. The highest BCUT2D eigenvalue weighted by atomic mass is 31.2. The molecule has 0 saturated carbocycles. The SMILES string of the molecule is NOP(=O)(O)CCCC(N)=O. The highest BCUT2D eigenvalue weighted by molar-refractivity contribution is 7.52. The molecular weight excluding hydrogens is 171 g/mol. The van der Waals surface area contributed by atoms with Crippen LogP contribution in [0.2, 0.25) is 0 Å². The Bertz CT molecular complexity index is 183. The van der Waals surface area contributed by atoms with Gasteiger partial charge in [-0.3, -0.25) is 9.36 Å². The van der Waals surface area contributed by atoms with E-state index in [-0.39, 0.29) is 19.0 Å². The van der Waals surface area contributed by atoms with Crippen LogP contribution in [0.4, 0.5) is 0 Å². The molecule has 1 unspecified atom stereocenters. The van der Waals surface area contributed by atoms with Crippen molar-refractivity contribution in [3.05, 3.63) is 0 Å². The van der Waals surface area contributed by atoms with Crippen molar-refractivity contribution in [2.75, 3.05) is 6.16 Å². The third-order valence-electron chi connectivity index (χ3n) is 1.03. The normalized spacial score (nSPS) is 15.8. The highest BCUT2D eigenvalue weighted by Crippen LogP contribution is 2.40. The molecule has 0 aromatic rings. The van der Waals surface area contributed by atoms with Crippen LogP contribution < -0.4 is 11.6 Å². The van der Waals surface area contributed by atoms with Gasteiger partial charge in [0.05, 0.1) is 6.16 Å². The predicted molar refractivity (Wildman–Crippen MR) is 38.4 cm³/mol. The molecule has 0 aliphatic rings. The standard InChI is InChI=1S/C4H11N2O4P/c5-4(7)2-1-3-11(8,9)10-6/h1-3,6H2,(H2,5,7)(H,8,9). The van der Waals surface area contributed by atoms with Crippen molar-refractivity contribution in [1.82, 2.24) is 0 Å². The van der Waals surface area contributed by atoms with E-state index in [4.69, 9.17) is 10.6 Å². The van der Waals surface area contributed by atoms with Crippen LogP contribution in [0.3, 0.4) is 0 Å². The summed E-state index contributed by atoms with van der Waals surface area (Å²) in [6.45, 7) is 0. The molecule has 0 spiro atoms. The topological polar surface area (TPSA) is 116 Å². The van der Waals surface area contributed by atoms with Crippen LogP contribution >= 0.6 is 7.60 Å². The molecule has 7 heteroatoms. The molecule has 0 rings (SSSR count). The zero-order valence-corrected chi connectivity index (χ0v) is 6.79. The second kappa shape index (κ2) is 4.46. The van der Waals surface area contributed by atoms with Gasteiger partial charge in [-0.2, -0.15) is 0 Å². The van der Waals surface area contributed by atoms with E-state index in [2.05, 4.69) is 10.5 Å². The van der Waals surface area contributed by atoms with E-state index < -0.39 is 13.5 Å². The number of hydrogen-bond acceptors (Lipinski definition) is 4. The molecular formula is C4H11N2O4P. The molecule has 0 aromatic heterocycles. The fraction of sp³-hybridized carbons (Fsp3) is 0.750. The minimum absolute atomic E-state index is 0.0634. The zero-order valence-electron chi connectivity index (χ0n) is 5.90. The van der Waals surface area contributed by atoms with Crippen LogP contribution in [0.1, 0.15) is 12.8 Å². The van der Waals surface area contributed by atoms with Crippen LogP contribution in [-0.2, 0) is 14.0 Å². The highest BCUT2D eigenvalue weighted by Gasteiger charge is 2.17. The van der Waals surface area contributed by atoms with Crippen molar-refractivity contribution >= 4 is 13.5 Å². The van der Waals surface area contributed by atoms with E-state index in [9.17, 15) is 9.36 Å². The van der Waals surface area contributed by atoms with Crippen LogP contribution in [-0.4, -0.2) is 17.0 Å². The Balaban J connectivity index is 3.54. The van der Waals surface area contributed by atoms with Crippen molar-refractivity contribution in [3.8, 4) is 0 Å². The Labute approximate surface area is 64.0 Å². The molecule has 1 amide bonds. The van der Waals surface area contributed by atoms with Gasteiger partial charge in [0.1, 0.15) is 0 Å². The lowest BCUT2D eigenvalue weighted by Crippen LogP contribution is -2.11. The van der Waals surface area contributed by atoms with Gasteiger partial charge in [-0.1, -0.05) is 0 Å². The average molecular weight is 182 g/mol. The first-order valence-electron chi connectivity index (χ1n) is 2.96. The Kier molecular flexibility index (Phi) is 4.29. The van der Waals surface area contributed by atoms with Gasteiger partial charge in [0.25, 0.3) is 0 Å². The molecule has 0 heterocycles. The van der Waals surface area contributed by atoms with Gasteiger partial charge < -0.3 is 10.6 Å². The van der Waals surface area contributed by atoms with Gasteiger partial charge in [0.15, 0.2) is 0 Å². The van der Waals surface area contributed by atoms with Crippen LogP contribution in [0.15, 0.2) is 0 Å². The van der Waals surface area contributed by atoms with Crippen LogP contribution in [0.5, 0.6) is 0 Å². The third kappa shape index (κ3) is 6.00. The van der Waals surface area contributed by atoms with E-state index in [0.717, 1.165) is 0 Å². The molecule has 0 aromatic carbocycles. The molecule has 0 bridgehead atoms. The first-order chi connectivity index (χ1) is 4.98. The number of primary amides is 1. The number of hydrogen-bond donors (Lipinski definition) is 3. The summed E-state index contributed by atoms with van der Waals surface area (Å²) in [7, 11) is -3.66. The summed E-state index contributed by atoms with van der Waals surface area (Å²) in [6, 6.07) is 0. The predicted octanol–water partition coefficient (Wildman–Crippen LogP) is -0.672. The van der Waals surface area contributed by atoms with Gasteiger partial charge >= 0.3 is 7.60 Å². The van der Waals surface area contributed by atoms with Crippen molar-refractivity contribution in [2.24, 2.45) is 11.6 Å². The van der Waals surface area contributed by atoms with E-state index >= 15 is 0 Å². The average Bonchev–Trinajstić information content (AvgIpc) is 1.87. The molecule has 0 saturated heterocycles. The Hall–Kier alpha value is -0.420. The van der Waals surface area contributed by atoms with E-state index in [1.165, 1.54) is 0 Å². The second-order valence-corrected chi connectivity index (χ2v) is 3.97. The van der Waals surface area contributed by atoms with Gasteiger partial charge in [-0.05, 0) is 6.42 Å². The summed E-state index contributed by atoms with van der Waals surface area (Å²) in [5.74, 6) is 3.98. The zero-order chi connectivity index (χ0) is 8.91. The fourth-order valence-corrected chi connectivity index (χ4v) is 1.17. The molecule has 0 radical (unpaired) electrons. The molecule has 1 atom stereocenters. The summed E-state index contributed by atoms with van der Waals surface area (Å²) >= 11 is 0. The molecule has 5 N–H and O–H groups in total. The van der Waals surface area contributed by atoms with Crippen LogP contribution in [0.25, 0.3) is 0 Å². The van der Waals surface area contributed by atoms with Gasteiger partial charge in [0, 0.05) is 6.42 Å². The minimum atomic E-state index is -3.66. The molecule has 0 aliphatic carbocycles. The Morgan fingerprint density at radius 1 is 1.64 bits per heavy atom. The van der Waals surface area contributed by atoms with Crippen molar-refractivity contribution in [3.63, 3.8) is 0 Å². The maximum Gasteiger partial charge on any atom is 0.344 e. The smallest absolute Gasteiger partial charge is 0.344 e. The maximum absolute atomic E-state index is 10.6. The molecule has 0 fully saturated rings. The lowest BCUT2D eigenvalue weighted by Gasteiger charge is -2.05. The van der Waals surface area contributed by atoms with E-state index in [0.29, 0.717) is 0 Å². The lowest BCUT2D eigenvalue weighted by atomic mass is 10.3. The third-order valence-corrected chi connectivity index (χ3v) is 2.24. The Morgan fingerprint density at radius 2 is 2.18 bits per heavy atom. The maximum atomic E-state index is 10.6. The monoisotopic (exact) mass is 182 g/mol. The van der Waals surface area contributed by atoms with Crippen molar-refractivity contribution in [2.45, 2.75) is 12.8 Å². The quantitative estimate of drug-likeness (QED) is 0.385. The van der Waals surface area contributed by atoms with Crippen molar-refractivity contribution in [1.29, 1.82) is 0 Å². The van der Waals surface area contributed by atoms with E-state index in [1.807, 2.05) is 0 Å². The first-order valence-corrected chi connectivity index (χ1v) is 4.73. The second-order valence-electron chi connectivity index (χ2n) is 2.04. The first kappa shape index (κ1) is 10.6. The molecule has 11 heavy (non-hydrogen) atoms. The Morgan fingerprint density at radius 3 is 2.55 bits per heavy atom. The number of amides is 1. The number of carbonyl (C=O) groups is 1. The lowest BCUT2D eigenvalue weighted by molar-refractivity contribution is -0.118. The summed E-state index contributed by atoms with van der Waals surface area (Å²) < 4.78 is 14.4. The molecule has 66 valence electrons. The molecule has 0 aliphatic heterocycles. The van der Waals surface area contributed by atoms with Gasteiger partial charge in [0.2, 0.25) is 5.91 Å². The fourth-order valence-electron chi connectivity index (χ4n) is 0.506. The van der Waals surface area contributed by atoms with Crippen molar-refractivity contribution < 1.29 is 18.9 Å². The minimum Gasteiger partial charge on any atom is -0.370 e. The molecule has 6 nitrogen and oxygen atoms in total.